The Kier molecular flexibility index (Phi) is 9.54. The van der Waals surface area contributed by atoms with E-state index in [1.165, 1.54) is 37.3 Å². The van der Waals surface area contributed by atoms with E-state index in [9.17, 15) is 26.7 Å². The summed E-state index contributed by atoms with van der Waals surface area (Å²) in [6.07, 6.45) is -0.814. The van der Waals surface area contributed by atoms with E-state index in [0.717, 1.165) is 5.56 Å². The van der Waals surface area contributed by atoms with Crippen molar-refractivity contribution >= 4 is 31.6 Å². The molecule has 0 saturated carbocycles. The lowest BCUT2D eigenvalue weighted by Crippen LogP contribution is -2.48. The van der Waals surface area contributed by atoms with Gasteiger partial charge < -0.3 is 19.3 Å². The lowest BCUT2D eigenvalue weighted by Gasteiger charge is -2.33. The van der Waals surface area contributed by atoms with E-state index in [-0.39, 0.29) is 64.9 Å². The zero-order valence-electron chi connectivity index (χ0n) is 25.1. The van der Waals surface area contributed by atoms with Gasteiger partial charge >= 0.3 is 0 Å². The Morgan fingerprint density at radius 2 is 1.79 bits per heavy atom. The monoisotopic (exact) mass is 634 g/mol. The number of carbonyl (C=O) groups is 1. The molecule has 0 radical (unpaired) electrons. The maximum Gasteiger partial charge on any atom is 0.267 e. The molecule has 0 saturated heterocycles. The fraction of sp³-hybridized carbons (Fsp3) is 0.448. The van der Waals surface area contributed by atoms with E-state index in [2.05, 4.69) is 9.88 Å². The van der Waals surface area contributed by atoms with Gasteiger partial charge in [0.05, 0.1) is 30.5 Å². The number of anilines is 1. The molecule has 12 nitrogen and oxygen atoms in total. The van der Waals surface area contributed by atoms with Crippen molar-refractivity contribution in [3.63, 3.8) is 0 Å². The second-order valence-corrected chi connectivity index (χ2v) is 14.7. The van der Waals surface area contributed by atoms with Gasteiger partial charge in [-0.1, -0.05) is 29.8 Å². The van der Waals surface area contributed by atoms with Crippen molar-refractivity contribution < 1.29 is 36.0 Å². The molecule has 1 amide bonds. The summed E-state index contributed by atoms with van der Waals surface area (Å²) in [5.41, 5.74) is 1.74. The van der Waals surface area contributed by atoms with Crippen molar-refractivity contribution in [2.75, 3.05) is 31.5 Å². The van der Waals surface area contributed by atoms with Crippen LogP contribution in [0, 0.1) is 26.7 Å². The summed E-state index contributed by atoms with van der Waals surface area (Å²) in [5.74, 6) is -0.158. The zero-order chi connectivity index (χ0) is 31.7. The van der Waals surface area contributed by atoms with Gasteiger partial charge in [0.1, 0.15) is 17.5 Å². The molecule has 2 N–H and O–H groups in total. The van der Waals surface area contributed by atoms with E-state index in [0.29, 0.717) is 11.3 Å². The van der Waals surface area contributed by atoms with Gasteiger partial charge in [-0.15, -0.1) is 0 Å². The molecule has 1 aromatic heterocycles. The number of ether oxygens (including phenoxy) is 1. The summed E-state index contributed by atoms with van der Waals surface area (Å²) in [5, 5.41) is 13.6. The van der Waals surface area contributed by atoms with Gasteiger partial charge in [0.25, 0.3) is 10.0 Å². The normalized spacial score (nSPS) is 18.8. The van der Waals surface area contributed by atoms with Gasteiger partial charge in [0.2, 0.25) is 15.9 Å². The summed E-state index contributed by atoms with van der Waals surface area (Å²) < 4.78 is 68.2. The number of rotatable bonds is 9. The molecule has 43 heavy (non-hydrogen) atoms. The number of hydrogen-bond donors (Lipinski definition) is 2. The molecule has 1 aliphatic rings. The number of aryl methyl sites for hydroxylation is 3. The van der Waals surface area contributed by atoms with Crippen LogP contribution in [0.1, 0.15) is 36.4 Å². The van der Waals surface area contributed by atoms with Crippen LogP contribution < -0.4 is 9.46 Å². The minimum atomic E-state index is -4.05. The molecular weight excluding hydrogens is 596 g/mol. The number of carbonyl (C=O) groups excluding carboxylic acids is 1. The molecule has 3 atom stereocenters. The van der Waals surface area contributed by atoms with Crippen LogP contribution in [0.5, 0.6) is 5.75 Å². The summed E-state index contributed by atoms with van der Waals surface area (Å²) >= 11 is 0. The number of nitrogens with zero attached hydrogens (tertiary/aromatic N) is 3. The van der Waals surface area contributed by atoms with E-state index < -0.39 is 32.2 Å². The standard InChI is InChI=1S/C29H38N4O8S2/c1-18-7-10-25(11-8-18)43(38,39)32(6)16-27-19(2)15-33(20(3)17-34)28(35)14-23-13-24(9-12-26(23)40-27)31-42(36,37)29-21(4)30-41-22(29)5/h7-13,19-20,27,31,34H,14-17H2,1-6H3/t19-,20-,27-/m0/s1. The number of amides is 1. The minimum Gasteiger partial charge on any atom is -0.488 e. The van der Waals surface area contributed by atoms with E-state index >= 15 is 0 Å². The number of hydrogen-bond acceptors (Lipinski definition) is 9. The van der Waals surface area contributed by atoms with Crippen molar-refractivity contribution in [3.8, 4) is 5.75 Å². The second-order valence-electron chi connectivity index (χ2n) is 11.1. The second kappa shape index (κ2) is 12.6. The highest BCUT2D eigenvalue weighted by atomic mass is 32.2. The Labute approximate surface area is 252 Å². The van der Waals surface area contributed by atoms with Gasteiger partial charge in [-0.25, -0.2) is 16.8 Å². The lowest BCUT2D eigenvalue weighted by atomic mass is 10.0. The maximum absolute atomic E-state index is 13.5. The molecular formula is C29H38N4O8S2. The smallest absolute Gasteiger partial charge is 0.267 e. The van der Waals surface area contributed by atoms with Gasteiger partial charge in [0.15, 0.2) is 10.7 Å². The van der Waals surface area contributed by atoms with Crippen molar-refractivity contribution in [2.45, 2.75) is 63.0 Å². The highest BCUT2D eigenvalue weighted by molar-refractivity contribution is 7.92. The first-order valence-corrected chi connectivity index (χ1v) is 16.7. The molecule has 0 bridgehead atoms. The first kappa shape index (κ1) is 32.5. The number of aliphatic hydroxyl groups is 1. The molecule has 0 fully saturated rings. The number of benzene rings is 2. The third-order valence-electron chi connectivity index (χ3n) is 7.57. The zero-order valence-corrected chi connectivity index (χ0v) is 26.7. The molecule has 14 heteroatoms. The highest BCUT2D eigenvalue weighted by Gasteiger charge is 2.34. The number of nitrogens with one attached hydrogen (secondary N) is 1. The number of aromatic nitrogens is 1. The molecule has 4 rings (SSSR count). The predicted molar refractivity (Wildman–Crippen MR) is 160 cm³/mol. The molecule has 3 aromatic rings. The van der Waals surface area contributed by atoms with Crippen LogP contribution in [0.4, 0.5) is 5.69 Å². The van der Waals surface area contributed by atoms with Crippen LogP contribution in [-0.4, -0.2) is 81.1 Å². The third-order valence-corrected chi connectivity index (χ3v) is 11.0. The minimum absolute atomic E-state index is 0.0211. The molecule has 2 aromatic carbocycles. The first-order chi connectivity index (χ1) is 20.1. The Morgan fingerprint density at radius 1 is 1.12 bits per heavy atom. The molecule has 1 aliphatic heterocycles. The topological polar surface area (TPSA) is 159 Å². The van der Waals surface area contributed by atoms with Gasteiger partial charge in [0, 0.05) is 30.8 Å². The van der Waals surface area contributed by atoms with Gasteiger partial charge in [-0.2, -0.15) is 4.31 Å². The lowest BCUT2D eigenvalue weighted by molar-refractivity contribution is -0.134. The van der Waals surface area contributed by atoms with Gasteiger partial charge in [-0.3, -0.25) is 9.52 Å². The fourth-order valence-corrected chi connectivity index (χ4v) is 7.58. The maximum atomic E-state index is 13.5. The molecule has 0 aliphatic carbocycles. The first-order valence-electron chi connectivity index (χ1n) is 13.8. The fourth-order valence-electron chi connectivity index (χ4n) is 5.02. The number of likely N-dealkylation sites (N-methyl/N-ethyl adjacent to an activating group) is 1. The van der Waals surface area contributed by atoms with E-state index in [1.54, 1.807) is 42.2 Å². The van der Waals surface area contributed by atoms with Crippen molar-refractivity contribution in [1.29, 1.82) is 0 Å². The van der Waals surface area contributed by atoms with Crippen LogP contribution in [-0.2, 0) is 31.3 Å². The third kappa shape index (κ3) is 7.03. The van der Waals surface area contributed by atoms with Crippen molar-refractivity contribution in [2.24, 2.45) is 5.92 Å². The molecule has 0 unspecified atom stereocenters. The summed E-state index contributed by atoms with van der Waals surface area (Å²) in [7, 11) is -6.42. The SMILES string of the molecule is Cc1ccc(S(=O)(=O)N(C)C[C@@H]2Oc3ccc(NS(=O)(=O)c4c(C)noc4C)cc3CC(=O)N([C@@H](C)CO)C[C@@H]2C)cc1. The van der Waals surface area contributed by atoms with E-state index in [4.69, 9.17) is 9.26 Å². The quantitative estimate of drug-likeness (QED) is 0.361. The molecule has 2 heterocycles. The molecule has 234 valence electrons. The van der Waals surface area contributed by atoms with Crippen LogP contribution in [0.3, 0.4) is 0 Å². The van der Waals surface area contributed by atoms with Crippen LogP contribution in [0.15, 0.2) is 56.8 Å². The van der Waals surface area contributed by atoms with E-state index in [1.807, 2.05) is 13.8 Å². The largest absolute Gasteiger partial charge is 0.488 e. The Morgan fingerprint density at radius 3 is 2.40 bits per heavy atom. The summed E-state index contributed by atoms with van der Waals surface area (Å²) in [6.45, 7) is 8.40. The average molecular weight is 635 g/mol. The van der Waals surface area contributed by atoms with Gasteiger partial charge in [-0.05, 0) is 58.0 Å². The molecule has 0 spiro atoms. The average Bonchev–Trinajstić information content (AvgIpc) is 3.31. The van der Waals surface area contributed by atoms with Crippen molar-refractivity contribution in [3.05, 3.63) is 65.0 Å². The Balaban J connectivity index is 1.69. The Hall–Kier alpha value is -3.46. The Bertz CT molecular complexity index is 1670. The highest BCUT2D eigenvalue weighted by Crippen LogP contribution is 2.31. The number of aliphatic hydroxyl groups excluding tert-OH is 1. The van der Waals surface area contributed by atoms with Crippen LogP contribution in [0.2, 0.25) is 0 Å². The predicted octanol–water partition coefficient (Wildman–Crippen LogP) is 2.87. The van der Waals surface area contributed by atoms with Crippen LogP contribution >= 0.6 is 0 Å². The number of sulfonamides is 2. The van der Waals surface area contributed by atoms with Crippen LogP contribution in [0.25, 0.3) is 0 Å². The summed E-state index contributed by atoms with van der Waals surface area (Å²) in [6, 6.07) is 10.7. The summed E-state index contributed by atoms with van der Waals surface area (Å²) in [4.78, 5) is 15.1. The van der Waals surface area contributed by atoms with Crippen molar-refractivity contribution in [1.82, 2.24) is 14.4 Å². The number of fused-ring (bicyclic) bond motifs is 1.